The summed E-state index contributed by atoms with van der Waals surface area (Å²) in [5.74, 6) is -0.822. The number of likely N-dealkylation sites (N-methyl/N-ethyl adjacent to an activating group) is 1. The van der Waals surface area contributed by atoms with Crippen LogP contribution >= 0.6 is 7.82 Å². The average molecular weight is 1030 g/mol. The number of hydrogen-bond acceptors (Lipinski definition) is 7. The highest BCUT2D eigenvalue weighted by Gasteiger charge is 2.27. The van der Waals surface area contributed by atoms with E-state index in [1.807, 2.05) is 21.1 Å². The first-order valence-corrected chi connectivity index (χ1v) is 30.1. The molecule has 0 rings (SSSR count). The van der Waals surface area contributed by atoms with Gasteiger partial charge in [0.2, 0.25) is 0 Å². The largest absolute Gasteiger partial charge is 0.472 e. The maximum Gasteiger partial charge on any atom is 0.472 e. The molecule has 0 saturated heterocycles. The van der Waals surface area contributed by atoms with Crippen LogP contribution in [0.4, 0.5) is 0 Å². The molecule has 9 nitrogen and oxygen atoms in total. The molecule has 0 aliphatic heterocycles. The van der Waals surface area contributed by atoms with E-state index in [1.165, 1.54) is 77.0 Å². The molecular formula is C62H107NO8P+. The van der Waals surface area contributed by atoms with Gasteiger partial charge in [0, 0.05) is 12.8 Å². The molecule has 0 fully saturated rings. The molecule has 2 unspecified atom stereocenters. The number of quaternary nitrogens is 1. The Morgan fingerprint density at radius 2 is 0.792 bits per heavy atom. The number of nitrogens with zero attached hydrogens (tertiary/aromatic N) is 1. The van der Waals surface area contributed by atoms with E-state index in [0.29, 0.717) is 17.4 Å². The first-order chi connectivity index (χ1) is 35.0. The molecule has 0 amide bonds. The zero-order chi connectivity index (χ0) is 52.7. The van der Waals surface area contributed by atoms with Crippen LogP contribution in [0.2, 0.25) is 0 Å². The number of ether oxygens (including phenoxy) is 2. The van der Waals surface area contributed by atoms with E-state index in [0.717, 1.165) is 109 Å². The summed E-state index contributed by atoms with van der Waals surface area (Å²) in [5, 5.41) is 0. The molecule has 0 aliphatic carbocycles. The number of carbonyl (C=O) groups is 2. The van der Waals surface area contributed by atoms with E-state index in [-0.39, 0.29) is 32.0 Å². The van der Waals surface area contributed by atoms with Gasteiger partial charge in [0.15, 0.2) is 6.10 Å². The molecule has 72 heavy (non-hydrogen) atoms. The number of phosphoric ester groups is 1. The van der Waals surface area contributed by atoms with Gasteiger partial charge in [-0.3, -0.25) is 18.6 Å². The molecule has 10 heteroatoms. The second-order valence-electron chi connectivity index (χ2n) is 19.9. The van der Waals surface area contributed by atoms with Crippen molar-refractivity contribution in [1.82, 2.24) is 0 Å². The Kier molecular flexibility index (Phi) is 50.1. The third kappa shape index (κ3) is 56.0. The summed E-state index contributed by atoms with van der Waals surface area (Å²) in [4.78, 5) is 35.6. The standard InChI is InChI=1S/C62H106NO8P/c1-6-8-10-12-14-16-18-20-22-23-24-25-26-27-28-29-30-31-32-33-34-35-36-37-38-39-41-43-45-47-49-51-53-55-62(65)71-60(59-70-72(66,67)69-57-56-63(3,4)5)58-68-61(64)54-52-50-48-46-44-42-40-21-19-17-15-13-11-9-7-2/h8,10,14,16,20,22,24-25,27-28,30-31,33-34,36-37,39,41,60H,6-7,9,11-13,15,17-19,21,23,26,29,32,35,38,40,42-59H2,1-5H3/p+1/b10-8-,16-14-,22-20-,25-24-,28-27-,31-30-,34-33-,37-36-,41-39-. The number of rotatable bonds is 51. The molecular weight excluding hydrogens is 918 g/mol. The predicted octanol–water partition coefficient (Wildman–Crippen LogP) is 17.8. The van der Waals surface area contributed by atoms with Gasteiger partial charge in [0.1, 0.15) is 19.8 Å². The fraction of sp³-hybridized carbons (Fsp3) is 0.677. The molecule has 0 spiro atoms. The summed E-state index contributed by atoms with van der Waals surface area (Å²) in [6.45, 7) is 4.29. The van der Waals surface area contributed by atoms with Gasteiger partial charge in [-0.05, 0) is 83.5 Å². The van der Waals surface area contributed by atoms with Gasteiger partial charge in [-0.25, -0.2) is 4.57 Å². The van der Waals surface area contributed by atoms with Gasteiger partial charge in [0.25, 0.3) is 0 Å². The Morgan fingerprint density at radius 3 is 1.18 bits per heavy atom. The first-order valence-electron chi connectivity index (χ1n) is 28.6. The second kappa shape index (κ2) is 52.5. The van der Waals surface area contributed by atoms with E-state index < -0.39 is 26.5 Å². The molecule has 0 bridgehead atoms. The van der Waals surface area contributed by atoms with Crippen molar-refractivity contribution in [2.75, 3.05) is 47.5 Å². The molecule has 2 atom stereocenters. The summed E-state index contributed by atoms with van der Waals surface area (Å²) >= 11 is 0. The Morgan fingerprint density at radius 1 is 0.444 bits per heavy atom. The summed E-state index contributed by atoms with van der Waals surface area (Å²) in [6, 6.07) is 0. The van der Waals surface area contributed by atoms with Crippen LogP contribution < -0.4 is 0 Å². The molecule has 0 aromatic heterocycles. The maximum atomic E-state index is 12.8. The van der Waals surface area contributed by atoms with Gasteiger partial charge >= 0.3 is 19.8 Å². The van der Waals surface area contributed by atoms with Crippen LogP contribution in [0.5, 0.6) is 0 Å². The summed E-state index contributed by atoms with van der Waals surface area (Å²) in [7, 11) is 1.45. The van der Waals surface area contributed by atoms with E-state index in [1.54, 1.807) is 0 Å². The lowest BCUT2D eigenvalue weighted by atomic mass is 10.0. The molecule has 0 radical (unpaired) electrons. The van der Waals surface area contributed by atoms with E-state index in [2.05, 4.69) is 123 Å². The van der Waals surface area contributed by atoms with Crippen LogP contribution in [0.1, 0.15) is 219 Å². The monoisotopic (exact) mass is 1020 g/mol. The van der Waals surface area contributed by atoms with Crippen LogP contribution in [-0.4, -0.2) is 74.9 Å². The molecule has 0 heterocycles. The number of hydrogen-bond donors (Lipinski definition) is 1. The highest BCUT2D eigenvalue weighted by atomic mass is 31.2. The smallest absolute Gasteiger partial charge is 0.462 e. The maximum absolute atomic E-state index is 12.8. The zero-order valence-electron chi connectivity index (χ0n) is 46.6. The van der Waals surface area contributed by atoms with E-state index in [9.17, 15) is 19.0 Å². The topological polar surface area (TPSA) is 108 Å². The molecule has 0 aromatic rings. The normalized spacial score (nSPS) is 14.1. The molecule has 412 valence electrons. The fourth-order valence-corrected chi connectivity index (χ4v) is 8.16. The van der Waals surface area contributed by atoms with Crippen LogP contribution in [0, 0.1) is 0 Å². The van der Waals surface area contributed by atoms with Gasteiger partial charge in [0.05, 0.1) is 27.7 Å². The van der Waals surface area contributed by atoms with Crippen molar-refractivity contribution in [2.24, 2.45) is 0 Å². The Labute approximate surface area is 442 Å². The van der Waals surface area contributed by atoms with Crippen LogP contribution in [-0.2, 0) is 32.7 Å². The summed E-state index contributed by atoms with van der Waals surface area (Å²) in [5.41, 5.74) is 0. The molecule has 0 aliphatic rings. The number of carbonyl (C=O) groups excluding carboxylic acids is 2. The summed E-state index contributed by atoms with van der Waals surface area (Å²) in [6.07, 6.45) is 72.9. The lowest BCUT2D eigenvalue weighted by Gasteiger charge is -2.24. The van der Waals surface area contributed by atoms with Crippen LogP contribution in [0.3, 0.4) is 0 Å². The minimum absolute atomic E-state index is 0.0232. The minimum atomic E-state index is -4.39. The van der Waals surface area contributed by atoms with Gasteiger partial charge < -0.3 is 18.9 Å². The van der Waals surface area contributed by atoms with Crippen molar-refractivity contribution in [2.45, 2.75) is 225 Å². The van der Waals surface area contributed by atoms with Crippen LogP contribution in [0.25, 0.3) is 0 Å². The van der Waals surface area contributed by atoms with Gasteiger partial charge in [-0.15, -0.1) is 0 Å². The number of unbranched alkanes of at least 4 members (excludes halogenated alkanes) is 19. The lowest BCUT2D eigenvalue weighted by Crippen LogP contribution is -2.37. The average Bonchev–Trinajstić information content (AvgIpc) is 3.34. The molecule has 1 N–H and O–H groups in total. The van der Waals surface area contributed by atoms with Crippen molar-refractivity contribution in [3.8, 4) is 0 Å². The zero-order valence-corrected chi connectivity index (χ0v) is 47.5. The fourth-order valence-electron chi connectivity index (χ4n) is 7.42. The van der Waals surface area contributed by atoms with Crippen molar-refractivity contribution in [3.05, 3.63) is 109 Å². The number of esters is 2. The third-order valence-electron chi connectivity index (χ3n) is 11.8. The second-order valence-corrected chi connectivity index (χ2v) is 21.4. The minimum Gasteiger partial charge on any atom is -0.462 e. The highest BCUT2D eigenvalue weighted by molar-refractivity contribution is 7.47. The van der Waals surface area contributed by atoms with Crippen LogP contribution in [0.15, 0.2) is 109 Å². The molecule has 0 saturated carbocycles. The van der Waals surface area contributed by atoms with Gasteiger partial charge in [-0.1, -0.05) is 232 Å². The predicted molar refractivity (Wildman–Crippen MR) is 307 cm³/mol. The summed E-state index contributed by atoms with van der Waals surface area (Å²) < 4.78 is 34.5. The molecule has 0 aromatic carbocycles. The Hall–Kier alpha value is -3.33. The highest BCUT2D eigenvalue weighted by Crippen LogP contribution is 2.43. The van der Waals surface area contributed by atoms with E-state index >= 15 is 0 Å². The first kappa shape index (κ1) is 68.7. The van der Waals surface area contributed by atoms with Crippen molar-refractivity contribution < 1.29 is 42.1 Å². The van der Waals surface area contributed by atoms with E-state index in [4.69, 9.17) is 18.5 Å². The van der Waals surface area contributed by atoms with Gasteiger partial charge in [-0.2, -0.15) is 0 Å². The van der Waals surface area contributed by atoms with Crippen molar-refractivity contribution in [1.29, 1.82) is 0 Å². The lowest BCUT2D eigenvalue weighted by molar-refractivity contribution is -0.870. The number of phosphoric acid groups is 1. The number of allylic oxidation sites excluding steroid dienone is 18. The SMILES string of the molecule is CC/C=C\C/C=C\C/C=C\C/C=C\C/C=C\C/C=C\C/C=C\C/C=C\C/C=C\CCCCCCCC(=O)OC(COC(=O)CCCCCCCCCCCCCCCCC)COP(=O)(O)OCC[N+](C)(C)C. The van der Waals surface area contributed by atoms with Crippen molar-refractivity contribution in [3.63, 3.8) is 0 Å². The Bertz CT molecular complexity index is 1580. The van der Waals surface area contributed by atoms with Crippen molar-refractivity contribution >= 4 is 19.8 Å². The Balaban J connectivity index is 4.23. The third-order valence-corrected chi connectivity index (χ3v) is 12.8. The quantitative estimate of drug-likeness (QED) is 0.0211.